The SMILES string of the molecule is COCCNC(=O)C(C)NCc1ccc(CC(=O)O)s1. The van der Waals surface area contributed by atoms with Crippen molar-refractivity contribution in [1.82, 2.24) is 10.6 Å². The van der Waals surface area contributed by atoms with Crippen LogP contribution in [-0.2, 0) is 27.3 Å². The van der Waals surface area contributed by atoms with Crippen molar-refractivity contribution in [3.63, 3.8) is 0 Å². The van der Waals surface area contributed by atoms with E-state index in [1.54, 1.807) is 20.1 Å². The lowest BCUT2D eigenvalue weighted by Crippen LogP contribution is -2.42. The van der Waals surface area contributed by atoms with Gasteiger partial charge >= 0.3 is 5.97 Å². The molecule has 0 spiro atoms. The Balaban J connectivity index is 2.32. The highest BCUT2D eigenvalue weighted by Crippen LogP contribution is 2.16. The quantitative estimate of drug-likeness (QED) is 0.582. The maximum absolute atomic E-state index is 11.7. The fraction of sp³-hybridized carbons (Fsp3) is 0.538. The minimum Gasteiger partial charge on any atom is -0.481 e. The van der Waals surface area contributed by atoms with Crippen LogP contribution in [-0.4, -0.2) is 43.3 Å². The second-order valence-electron chi connectivity index (χ2n) is 4.32. The molecule has 0 aliphatic carbocycles. The first-order chi connectivity index (χ1) is 9.52. The standard InChI is InChI=1S/C13H20N2O4S/c1-9(13(18)14-5-6-19-2)15-8-11-4-3-10(20-11)7-12(16)17/h3-4,9,15H,5-8H2,1-2H3,(H,14,18)(H,16,17). The van der Waals surface area contributed by atoms with Gasteiger partial charge in [0.1, 0.15) is 0 Å². The molecule has 3 N–H and O–H groups in total. The molecule has 1 amide bonds. The van der Waals surface area contributed by atoms with Crippen molar-refractivity contribution in [3.8, 4) is 0 Å². The highest BCUT2D eigenvalue weighted by Gasteiger charge is 2.12. The van der Waals surface area contributed by atoms with Crippen LogP contribution in [0.15, 0.2) is 12.1 Å². The normalized spacial score (nSPS) is 12.1. The van der Waals surface area contributed by atoms with E-state index in [1.807, 2.05) is 6.07 Å². The molecule has 0 saturated heterocycles. The highest BCUT2D eigenvalue weighted by atomic mass is 32.1. The lowest BCUT2D eigenvalue weighted by Gasteiger charge is -2.13. The number of amides is 1. The molecule has 0 radical (unpaired) electrons. The third-order valence-corrected chi connectivity index (χ3v) is 3.71. The number of methoxy groups -OCH3 is 1. The number of carbonyl (C=O) groups excluding carboxylic acids is 1. The maximum Gasteiger partial charge on any atom is 0.308 e. The van der Waals surface area contributed by atoms with Crippen LogP contribution in [0, 0.1) is 0 Å². The number of hydrogen-bond acceptors (Lipinski definition) is 5. The molecule has 0 aliphatic rings. The fourth-order valence-corrected chi connectivity index (χ4v) is 2.50. The molecular formula is C13H20N2O4S. The third kappa shape index (κ3) is 6.14. The topological polar surface area (TPSA) is 87.7 Å². The van der Waals surface area contributed by atoms with Gasteiger partial charge in [0.15, 0.2) is 0 Å². The number of aliphatic carboxylic acids is 1. The van der Waals surface area contributed by atoms with Crippen molar-refractivity contribution < 1.29 is 19.4 Å². The third-order valence-electron chi connectivity index (χ3n) is 2.62. The summed E-state index contributed by atoms with van der Waals surface area (Å²) < 4.78 is 4.85. The van der Waals surface area contributed by atoms with Gasteiger partial charge in [-0.15, -0.1) is 11.3 Å². The Morgan fingerprint density at radius 2 is 2.10 bits per heavy atom. The lowest BCUT2D eigenvalue weighted by molar-refractivity contribution is -0.136. The summed E-state index contributed by atoms with van der Waals surface area (Å²) in [7, 11) is 1.58. The number of carboxylic acid groups (broad SMARTS) is 1. The zero-order valence-electron chi connectivity index (χ0n) is 11.6. The molecule has 7 heteroatoms. The van der Waals surface area contributed by atoms with Crippen LogP contribution in [0.1, 0.15) is 16.7 Å². The summed E-state index contributed by atoms with van der Waals surface area (Å²) >= 11 is 1.44. The molecule has 0 bridgehead atoms. The van der Waals surface area contributed by atoms with Crippen molar-refractivity contribution in [2.75, 3.05) is 20.3 Å². The van der Waals surface area contributed by atoms with Gasteiger partial charge in [-0.1, -0.05) is 0 Å². The molecule has 112 valence electrons. The van der Waals surface area contributed by atoms with Crippen molar-refractivity contribution in [1.29, 1.82) is 0 Å². The number of rotatable bonds is 9. The van der Waals surface area contributed by atoms with Crippen LogP contribution in [0.5, 0.6) is 0 Å². The van der Waals surface area contributed by atoms with Gasteiger partial charge in [-0.05, 0) is 19.1 Å². The summed E-state index contributed by atoms with van der Waals surface area (Å²) in [6, 6.07) is 3.38. The Kier molecular flexibility index (Phi) is 7.21. The summed E-state index contributed by atoms with van der Waals surface area (Å²) in [4.78, 5) is 24.1. The van der Waals surface area contributed by atoms with Gasteiger partial charge in [-0.3, -0.25) is 9.59 Å². The van der Waals surface area contributed by atoms with E-state index in [2.05, 4.69) is 10.6 Å². The second-order valence-corrected chi connectivity index (χ2v) is 5.58. The Morgan fingerprint density at radius 1 is 1.40 bits per heavy atom. The predicted octanol–water partition coefficient (Wildman–Crippen LogP) is 0.616. The highest BCUT2D eigenvalue weighted by molar-refractivity contribution is 7.12. The Labute approximate surface area is 122 Å². The van der Waals surface area contributed by atoms with Gasteiger partial charge in [-0.2, -0.15) is 0 Å². The van der Waals surface area contributed by atoms with Gasteiger partial charge in [-0.25, -0.2) is 0 Å². The van der Waals surface area contributed by atoms with Gasteiger partial charge < -0.3 is 20.5 Å². The monoisotopic (exact) mass is 300 g/mol. The minimum atomic E-state index is -0.836. The van der Waals surface area contributed by atoms with Gasteiger partial charge in [0, 0.05) is 30.0 Å². The number of thiophene rings is 1. The molecule has 1 unspecified atom stereocenters. The van der Waals surface area contributed by atoms with Crippen molar-refractivity contribution in [2.24, 2.45) is 0 Å². The molecule has 1 aromatic rings. The van der Waals surface area contributed by atoms with Gasteiger partial charge in [0.05, 0.1) is 19.1 Å². The molecule has 0 saturated carbocycles. The summed E-state index contributed by atoms with van der Waals surface area (Å²) in [6.45, 7) is 3.31. The van der Waals surface area contributed by atoms with E-state index in [4.69, 9.17) is 9.84 Å². The number of nitrogens with one attached hydrogen (secondary N) is 2. The Bertz CT molecular complexity index is 447. The number of carbonyl (C=O) groups is 2. The largest absolute Gasteiger partial charge is 0.481 e. The van der Waals surface area contributed by atoms with E-state index in [0.29, 0.717) is 19.7 Å². The van der Waals surface area contributed by atoms with E-state index in [0.717, 1.165) is 9.75 Å². The van der Waals surface area contributed by atoms with E-state index in [-0.39, 0.29) is 18.4 Å². The summed E-state index contributed by atoms with van der Waals surface area (Å²) in [5.41, 5.74) is 0. The average Bonchev–Trinajstić information content (AvgIpc) is 2.82. The zero-order valence-corrected chi connectivity index (χ0v) is 12.5. The van der Waals surface area contributed by atoms with E-state index >= 15 is 0 Å². The molecule has 0 aliphatic heterocycles. The van der Waals surface area contributed by atoms with E-state index in [9.17, 15) is 9.59 Å². The summed E-state index contributed by atoms with van der Waals surface area (Å²) in [5, 5.41) is 14.6. The summed E-state index contributed by atoms with van der Waals surface area (Å²) in [6.07, 6.45) is 0.0394. The van der Waals surface area contributed by atoms with Gasteiger partial charge in [0.25, 0.3) is 0 Å². The smallest absolute Gasteiger partial charge is 0.308 e. The van der Waals surface area contributed by atoms with Crippen LogP contribution in [0.4, 0.5) is 0 Å². The van der Waals surface area contributed by atoms with Crippen LogP contribution in [0.3, 0.4) is 0 Å². The van der Waals surface area contributed by atoms with Crippen LogP contribution < -0.4 is 10.6 Å². The lowest BCUT2D eigenvalue weighted by atomic mass is 10.3. The number of carboxylic acids is 1. The second kappa shape index (κ2) is 8.68. The first kappa shape index (κ1) is 16.6. The maximum atomic E-state index is 11.7. The molecule has 6 nitrogen and oxygen atoms in total. The minimum absolute atomic E-state index is 0.0394. The zero-order chi connectivity index (χ0) is 15.0. The summed E-state index contributed by atoms with van der Waals surface area (Å²) in [5.74, 6) is -0.915. The number of hydrogen-bond donors (Lipinski definition) is 3. The number of ether oxygens (including phenoxy) is 1. The van der Waals surface area contributed by atoms with Crippen molar-refractivity contribution in [2.45, 2.75) is 25.9 Å². The van der Waals surface area contributed by atoms with E-state index < -0.39 is 5.97 Å². The van der Waals surface area contributed by atoms with E-state index in [1.165, 1.54) is 11.3 Å². The molecule has 1 heterocycles. The molecule has 1 aromatic heterocycles. The molecule has 20 heavy (non-hydrogen) atoms. The Morgan fingerprint density at radius 3 is 2.75 bits per heavy atom. The molecule has 0 fully saturated rings. The molecule has 1 atom stereocenters. The van der Waals surface area contributed by atoms with Crippen LogP contribution in [0.25, 0.3) is 0 Å². The van der Waals surface area contributed by atoms with Crippen molar-refractivity contribution in [3.05, 3.63) is 21.9 Å². The first-order valence-corrected chi connectivity index (χ1v) is 7.14. The fourth-order valence-electron chi connectivity index (χ4n) is 1.54. The Hall–Kier alpha value is -1.44. The molecular weight excluding hydrogens is 280 g/mol. The predicted molar refractivity (Wildman–Crippen MR) is 76.8 cm³/mol. The van der Waals surface area contributed by atoms with Crippen molar-refractivity contribution >= 4 is 23.2 Å². The average molecular weight is 300 g/mol. The van der Waals surface area contributed by atoms with Crippen LogP contribution >= 0.6 is 11.3 Å². The van der Waals surface area contributed by atoms with Crippen LogP contribution in [0.2, 0.25) is 0 Å². The van der Waals surface area contributed by atoms with Gasteiger partial charge in [0.2, 0.25) is 5.91 Å². The first-order valence-electron chi connectivity index (χ1n) is 6.32. The molecule has 0 aromatic carbocycles. The molecule has 1 rings (SSSR count).